The van der Waals surface area contributed by atoms with Gasteiger partial charge in [-0.25, -0.2) is 4.98 Å². The van der Waals surface area contributed by atoms with Crippen LogP contribution < -0.4 is 10.1 Å². The number of carbonyl (C=O) groups is 1. The number of aromatic nitrogens is 1. The number of benzene rings is 2. The number of nitrogens with one attached hydrogen (secondary N) is 1. The lowest BCUT2D eigenvalue weighted by Gasteiger charge is -2.18. The molecule has 4 nitrogen and oxygen atoms in total. The van der Waals surface area contributed by atoms with Gasteiger partial charge in [-0.1, -0.05) is 19.1 Å². The molecule has 0 bridgehead atoms. The van der Waals surface area contributed by atoms with Crippen LogP contribution in [0.5, 0.6) is 5.75 Å². The van der Waals surface area contributed by atoms with Crippen LogP contribution in [0.1, 0.15) is 36.6 Å². The second kappa shape index (κ2) is 10.5. The fraction of sp³-hybridized carbons (Fsp3) is 0.333. The summed E-state index contributed by atoms with van der Waals surface area (Å²) in [6, 6.07) is 16.3. The number of ether oxygens (including phenoxy) is 1. The van der Waals surface area contributed by atoms with Crippen molar-refractivity contribution in [3.63, 3.8) is 0 Å². The fourth-order valence-electron chi connectivity index (χ4n) is 4.33. The highest BCUT2D eigenvalue weighted by atomic mass is 32.2. The fourth-order valence-corrected chi connectivity index (χ4v) is 7.72. The Labute approximate surface area is 212 Å². The molecule has 0 aliphatic heterocycles. The zero-order valence-electron chi connectivity index (χ0n) is 19.4. The molecule has 0 spiro atoms. The maximum Gasteiger partial charge on any atom is 0.225 e. The Morgan fingerprint density at radius 1 is 1.18 bits per heavy atom. The highest BCUT2D eigenvalue weighted by Gasteiger charge is 2.27. The molecule has 2 heterocycles. The molecule has 176 valence electrons. The summed E-state index contributed by atoms with van der Waals surface area (Å²) in [6.45, 7) is 2.32. The van der Waals surface area contributed by atoms with Crippen LogP contribution in [0.25, 0.3) is 20.8 Å². The summed E-state index contributed by atoms with van der Waals surface area (Å²) in [6.07, 6.45) is 4.69. The van der Waals surface area contributed by atoms with E-state index in [4.69, 9.17) is 9.72 Å². The molecule has 1 atom stereocenters. The second-order valence-corrected chi connectivity index (χ2v) is 12.0. The molecule has 2 aromatic heterocycles. The maximum absolute atomic E-state index is 12.9. The van der Waals surface area contributed by atoms with Crippen molar-refractivity contribution in [3.05, 3.63) is 59.0 Å². The third-order valence-electron chi connectivity index (χ3n) is 6.15. The van der Waals surface area contributed by atoms with E-state index in [0.717, 1.165) is 51.9 Å². The van der Waals surface area contributed by atoms with Gasteiger partial charge < -0.3 is 10.1 Å². The number of thiophene rings is 1. The van der Waals surface area contributed by atoms with Crippen molar-refractivity contribution < 1.29 is 9.53 Å². The predicted octanol–water partition coefficient (Wildman–Crippen LogP) is 7.67. The zero-order chi connectivity index (χ0) is 23.5. The zero-order valence-corrected chi connectivity index (χ0v) is 21.9. The Balaban J connectivity index is 1.28. The first kappa shape index (κ1) is 23.4. The number of amides is 1. The van der Waals surface area contributed by atoms with Crippen LogP contribution in [0.4, 0.5) is 5.00 Å². The minimum absolute atomic E-state index is 0.0873. The van der Waals surface area contributed by atoms with Crippen molar-refractivity contribution in [1.82, 2.24) is 4.98 Å². The number of fused-ring (bicyclic) bond motifs is 2. The van der Waals surface area contributed by atoms with E-state index >= 15 is 0 Å². The van der Waals surface area contributed by atoms with Gasteiger partial charge in [0.25, 0.3) is 0 Å². The monoisotopic (exact) mass is 508 g/mol. The molecule has 0 radical (unpaired) electrons. The average molecular weight is 509 g/mol. The number of carbonyl (C=O) groups excluding carboxylic acids is 1. The van der Waals surface area contributed by atoms with E-state index in [2.05, 4.69) is 42.6 Å². The Bertz CT molecular complexity index is 1260. The third-order valence-corrected chi connectivity index (χ3v) is 9.47. The normalized spacial score (nSPS) is 15.3. The van der Waals surface area contributed by atoms with Crippen molar-refractivity contribution in [2.24, 2.45) is 5.92 Å². The van der Waals surface area contributed by atoms with Gasteiger partial charge in [-0.2, -0.15) is 0 Å². The number of hydrogen-bond acceptors (Lipinski definition) is 6. The Morgan fingerprint density at radius 3 is 2.79 bits per heavy atom. The number of anilines is 1. The number of para-hydroxylation sites is 1. The van der Waals surface area contributed by atoms with Gasteiger partial charge in [0, 0.05) is 21.8 Å². The largest absolute Gasteiger partial charge is 0.497 e. The lowest BCUT2D eigenvalue weighted by molar-refractivity contribution is -0.116. The van der Waals surface area contributed by atoms with Gasteiger partial charge in [0.2, 0.25) is 5.91 Å². The summed E-state index contributed by atoms with van der Waals surface area (Å²) < 4.78 is 6.40. The molecular formula is C27H28N2O2S3. The van der Waals surface area contributed by atoms with E-state index < -0.39 is 0 Å². The number of rotatable bonds is 8. The summed E-state index contributed by atoms with van der Waals surface area (Å²) in [5.41, 5.74) is 3.58. The molecule has 1 aliphatic rings. The Kier molecular flexibility index (Phi) is 7.23. The minimum atomic E-state index is 0.0873. The highest BCUT2D eigenvalue weighted by Crippen LogP contribution is 2.47. The molecular weight excluding hydrogens is 481 g/mol. The molecule has 34 heavy (non-hydrogen) atoms. The molecule has 0 saturated carbocycles. The van der Waals surface area contributed by atoms with Gasteiger partial charge in [-0.05, 0) is 79.3 Å². The lowest BCUT2D eigenvalue weighted by Crippen LogP contribution is -2.11. The van der Waals surface area contributed by atoms with Crippen LogP contribution >= 0.6 is 34.4 Å². The Hall–Kier alpha value is -2.35. The van der Waals surface area contributed by atoms with Gasteiger partial charge in [-0.15, -0.1) is 34.4 Å². The lowest BCUT2D eigenvalue weighted by atomic mass is 9.88. The molecule has 1 aliphatic carbocycles. The van der Waals surface area contributed by atoms with Crippen LogP contribution in [0.15, 0.2) is 53.4 Å². The van der Waals surface area contributed by atoms with Crippen LogP contribution in [0.3, 0.4) is 0 Å². The standard InChI is InChI=1S/C27H28N2O2S3/c1-17-9-14-20-23(16-17)34-27(25(20)26-28-21-6-3-4-7-22(21)33-26)29-24(30)8-5-15-32-19-12-10-18(31-2)11-13-19/h3-4,6-7,10-13,17H,5,8-9,14-16H2,1-2H3,(H,29,30). The smallest absolute Gasteiger partial charge is 0.225 e. The second-order valence-electron chi connectivity index (χ2n) is 8.72. The maximum atomic E-state index is 12.9. The van der Waals surface area contributed by atoms with Crippen LogP contribution in [0.2, 0.25) is 0 Å². The molecule has 7 heteroatoms. The minimum Gasteiger partial charge on any atom is -0.497 e. The molecule has 1 unspecified atom stereocenters. The number of thioether (sulfide) groups is 1. The summed E-state index contributed by atoms with van der Waals surface area (Å²) in [5, 5.41) is 5.26. The van der Waals surface area contributed by atoms with Crippen molar-refractivity contribution in [3.8, 4) is 16.3 Å². The van der Waals surface area contributed by atoms with E-state index in [-0.39, 0.29) is 5.91 Å². The van der Waals surface area contributed by atoms with Crippen molar-refractivity contribution in [2.75, 3.05) is 18.2 Å². The van der Waals surface area contributed by atoms with Gasteiger partial charge in [-0.3, -0.25) is 4.79 Å². The van der Waals surface area contributed by atoms with E-state index in [1.165, 1.54) is 26.5 Å². The summed E-state index contributed by atoms with van der Waals surface area (Å²) in [7, 11) is 1.67. The Morgan fingerprint density at radius 2 is 2.00 bits per heavy atom. The highest BCUT2D eigenvalue weighted by molar-refractivity contribution is 7.99. The van der Waals surface area contributed by atoms with Crippen molar-refractivity contribution in [1.29, 1.82) is 0 Å². The molecule has 0 fully saturated rings. The molecule has 0 saturated heterocycles. The van der Waals surface area contributed by atoms with E-state index in [1.807, 2.05) is 18.2 Å². The summed E-state index contributed by atoms with van der Waals surface area (Å²) >= 11 is 5.25. The first-order valence-corrected chi connectivity index (χ1v) is 14.3. The molecule has 1 N–H and O–H groups in total. The number of nitrogens with zero attached hydrogens (tertiary/aromatic N) is 1. The third kappa shape index (κ3) is 5.16. The van der Waals surface area contributed by atoms with E-state index in [0.29, 0.717) is 12.3 Å². The molecule has 1 amide bonds. The van der Waals surface area contributed by atoms with Crippen LogP contribution in [-0.2, 0) is 17.6 Å². The number of thiazole rings is 1. The van der Waals surface area contributed by atoms with Crippen molar-refractivity contribution in [2.45, 2.75) is 43.9 Å². The molecule has 5 rings (SSSR count). The summed E-state index contributed by atoms with van der Waals surface area (Å²) in [5.74, 6) is 2.54. The van der Waals surface area contributed by atoms with E-state index in [9.17, 15) is 4.79 Å². The quantitative estimate of drug-likeness (QED) is 0.196. The van der Waals surface area contributed by atoms with Gasteiger partial charge in [0.1, 0.15) is 15.8 Å². The molecule has 2 aromatic carbocycles. The summed E-state index contributed by atoms with van der Waals surface area (Å²) in [4.78, 5) is 20.4. The van der Waals surface area contributed by atoms with Gasteiger partial charge >= 0.3 is 0 Å². The SMILES string of the molecule is COc1ccc(SCCCC(=O)Nc2sc3c(c2-c2nc4ccccc4s2)CCC(C)C3)cc1. The average Bonchev–Trinajstić information content (AvgIpc) is 3.42. The molecule has 4 aromatic rings. The predicted molar refractivity (Wildman–Crippen MR) is 146 cm³/mol. The van der Waals surface area contributed by atoms with Crippen LogP contribution in [-0.4, -0.2) is 23.8 Å². The van der Waals surface area contributed by atoms with Gasteiger partial charge in [0.05, 0.1) is 17.3 Å². The number of hydrogen-bond donors (Lipinski definition) is 1. The topological polar surface area (TPSA) is 51.2 Å². The van der Waals surface area contributed by atoms with E-state index in [1.54, 1.807) is 41.5 Å². The first-order chi connectivity index (χ1) is 16.6. The first-order valence-electron chi connectivity index (χ1n) is 11.7. The van der Waals surface area contributed by atoms with Crippen molar-refractivity contribution >= 4 is 55.6 Å². The van der Waals surface area contributed by atoms with Crippen LogP contribution in [0, 0.1) is 5.92 Å². The van der Waals surface area contributed by atoms with Gasteiger partial charge in [0.15, 0.2) is 0 Å². The number of methoxy groups -OCH3 is 1.